The van der Waals surface area contributed by atoms with Gasteiger partial charge in [-0.2, -0.15) is 0 Å². The lowest BCUT2D eigenvalue weighted by molar-refractivity contribution is -0.123. The lowest BCUT2D eigenvalue weighted by Gasteiger charge is -2.38. The molecule has 0 saturated carbocycles. The highest BCUT2D eigenvalue weighted by molar-refractivity contribution is 5.98. The molecular formula is C24H31N3O2. The van der Waals surface area contributed by atoms with E-state index in [1.165, 1.54) is 16.7 Å². The number of anilines is 1. The third kappa shape index (κ3) is 4.16. The Kier molecular flexibility index (Phi) is 5.88. The van der Waals surface area contributed by atoms with Gasteiger partial charge < -0.3 is 9.64 Å². The smallest absolute Gasteiger partial charge is 0.244 e. The summed E-state index contributed by atoms with van der Waals surface area (Å²) in [5, 5.41) is 0. The maximum Gasteiger partial charge on any atom is 0.244 e. The fourth-order valence-corrected chi connectivity index (χ4v) is 4.53. The number of carbonyl (C=O) groups excluding carboxylic acids is 1. The number of benzene rings is 2. The largest absolute Gasteiger partial charge is 0.496 e. The zero-order chi connectivity index (χ0) is 20.4. The quantitative estimate of drug-likeness (QED) is 0.782. The molecule has 4 rings (SSSR count). The second kappa shape index (κ2) is 8.56. The highest BCUT2D eigenvalue weighted by Crippen LogP contribution is 2.29. The van der Waals surface area contributed by atoms with Gasteiger partial charge in [0.1, 0.15) is 5.75 Å². The van der Waals surface area contributed by atoms with Gasteiger partial charge in [-0.05, 0) is 38.0 Å². The second-order valence-electron chi connectivity index (χ2n) is 8.17. The SMILES string of the molecule is COc1ccc(C)cc1CN1CCN([C@@H](C)C(=O)N2CCc3ccccc32)CC1. The Balaban J connectivity index is 1.35. The first-order valence-corrected chi connectivity index (χ1v) is 10.6. The number of fused-ring (bicyclic) bond motifs is 1. The van der Waals surface area contributed by atoms with Gasteiger partial charge >= 0.3 is 0 Å². The summed E-state index contributed by atoms with van der Waals surface area (Å²) in [4.78, 5) is 19.9. The highest BCUT2D eigenvalue weighted by Gasteiger charge is 2.32. The van der Waals surface area contributed by atoms with Crippen molar-refractivity contribution in [3.63, 3.8) is 0 Å². The molecule has 2 aromatic carbocycles. The Hall–Kier alpha value is -2.37. The van der Waals surface area contributed by atoms with Gasteiger partial charge in [-0.3, -0.25) is 14.6 Å². The van der Waals surface area contributed by atoms with Gasteiger partial charge in [0.25, 0.3) is 0 Å². The molecule has 0 aliphatic carbocycles. The number of nitrogens with zero attached hydrogens (tertiary/aromatic N) is 3. The van der Waals surface area contributed by atoms with Crippen LogP contribution in [0.15, 0.2) is 42.5 Å². The van der Waals surface area contributed by atoms with E-state index in [0.717, 1.165) is 57.1 Å². The molecule has 2 heterocycles. The molecule has 0 aromatic heterocycles. The molecule has 2 aromatic rings. The summed E-state index contributed by atoms with van der Waals surface area (Å²) in [6.45, 7) is 9.62. The van der Waals surface area contributed by atoms with Gasteiger partial charge in [0.2, 0.25) is 5.91 Å². The summed E-state index contributed by atoms with van der Waals surface area (Å²) in [6.07, 6.45) is 0.959. The summed E-state index contributed by atoms with van der Waals surface area (Å²) in [5.41, 5.74) is 4.86. The Bertz CT molecular complexity index is 874. The monoisotopic (exact) mass is 393 g/mol. The van der Waals surface area contributed by atoms with Crippen molar-refractivity contribution in [2.24, 2.45) is 0 Å². The summed E-state index contributed by atoms with van der Waals surface area (Å²) < 4.78 is 5.53. The first kappa shape index (κ1) is 19.9. The van der Waals surface area contributed by atoms with Crippen molar-refractivity contribution < 1.29 is 9.53 Å². The number of hydrogen-bond acceptors (Lipinski definition) is 4. The van der Waals surface area contributed by atoms with Crippen molar-refractivity contribution in [3.05, 3.63) is 59.2 Å². The Labute approximate surface area is 173 Å². The number of carbonyl (C=O) groups is 1. The molecule has 5 heteroatoms. The van der Waals surface area contributed by atoms with Crippen LogP contribution in [-0.4, -0.2) is 61.6 Å². The number of aryl methyl sites for hydroxylation is 1. The van der Waals surface area contributed by atoms with Crippen LogP contribution in [0.2, 0.25) is 0 Å². The zero-order valence-corrected chi connectivity index (χ0v) is 17.7. The molecule has 5 nitrogen and oxygen atoms in total. The predicted molar refractivity (Wildman–Crippen MR) is 117 cm³/mol. The summed E-state index contributed by atoms with van der Waals surface area (Å²) in [6, 6.07) is 14.5. The normalized spacial score (nSPS) is 18.5. The molecular weight excluding hydrogens is 362 g/mol. The van der Waals surface area contributed by atoms with E-state index in [4.69, 9.17) is 4.74 Å². The third-order valence-electron chi connectivity index (χ3n) is 6.30. The van der Waals surface area contributed by atoms with E-state index in [2.05, 4.69) is 60.0 Å². The maximum atomic E-state index is 13.2. The molecule has 0 bridgehead atoms. The van der Waals surface area contributed by atoms with E-state index in [1.807, 2.05) is 11.0 Å². The van der Waals surface area contributed by atoms with Crippen LogP contribution in [0.25, 0.3) is 0 Å². The lowest BCUT2D eigenvalue weighted by Crippen LogP contribution is -2.54. The van der Waals surface area contributed by atoms with Crippen molar-refractivity contribution in [2.45, 2.75) is 32.9 Å². The van der Waals surface area contributed by atoms with Gasteiger partial charge in [-0.1, -0.05) is 35.9 Å². The van der Waals surface area contributed by atoms with Gasteiger partial charge in [0.05, 0.1) is 13.2 Å². The molecule has 0 N–H and O–H groups in total. The third-order valence-corrected chi connectivity index (χ3v) is 6.30. The fourth-order valence-electron chi connectivity index (χ4n) is 4.53. The van der Waals surface area contributed by atoms with E-state index in [0.29, 0.717) is 0 Å². The zero-order valence-electron chi connectivity index (χ0n) is 17.7. The van der Waals surface area contributed by atoms with Crippen LogP contribution in [0.4, 0.5) is 5.69 Å². The van der Waals surface area contributed by atoms with Crippen LogP contribution < -0.4 is 9.64 Å². The second-order valence-corrected chi connectivity index (χ2v) is 8.17. The minimum absolute atomic E-state index is 0.0863. The first-order valence-electron chi connectivity index (χ1n) is 10.6. The fraction of sp³-hybridized carbons (Fsp3) is 0.458. The van der Waals surface area contributed by atoms with Crippen molar-refractivity contribution in [1.29, 1.82) is 0 Å². The van der Waals surface area contributed by atoms with Crippen molar-refractivity contribution in [1.82, 2.24) is 9.80 Å². The predicted octanol–water partition coefficient (Wildman–Crippen LogP) is 3.10. The number of piperazine rings is 1. The van der Waals surface area contributed by atoms with Crippen LogP contribution in [-0.2, 0) is 17.8 Å². The van der Waals surface area contributed by atoms with Gasteiger partial charge in [0, 0.05) is 50.5 Å². The lowest BCUT2D eigenvalue weighted by atomic mass is 10.1. The minimum atomic E-state index is -0.0863. The van der Waals surface area contributed by atoms with Gasteiger partial charge in [-0.25, -0.2) is 0 Å². The Morgan fingerprint density at radius 2 is 1.83 bits per heavy atom. The van der Waals surface area contributed by atoms with E-state index in [1.54, 1.807) is 7.11 Å². The number of ether oxygens (including phenoxy) is 1. The molecule has 154 valence electrons. The number of methoxy groups -OCH3 is 1. The van der Waals surface area contributed by atoms with Crippen molar-refractivity contribution in [3.8, 4) is 5.75 Å². The highest BCUT2D eigenvalue weighted by atomic mass is 16.5. The first-order chi connectivity index (χ1) is 14.1. The molecule has 0 spiro atoms. The van der Waals surface area contributed by atoms with E-state index in [9.17, 15) is 4.79 Å². The minimum Gasteiger partial charge on any atom is -0.496 e. The summed E-state index contributed by atoms with van der Waals surface area (Å²) in [7, 11) is 1.73. The van der Waals surface area contributed by atoms with Crippen LogP contribution in [0.5, 0.6) is 5.75 Å². The van der Waals surface area contributed by atoms with Gasteiger partial charge in [0.15, 0.2) is 0 Å². The Morgan fingerprint density at radius 3 is 2.59 bits per heavy atom. The molecule has 29 heavy (non-hydrogen) atoms. The number of rotatable bonds is 5. The average molecular weight is 394 g/mol. The van der Waals surface area contributed by atoms with Crippen LogP contribution in [0, 0.1) is 6.92 Å². The van der Waals surface area contributed by atoms with Crippen LogP contribution in [0.3, 0.4) is 0 Å². The van der Waals surface area contributed by atoms with Crippen molar-refractivity contribution >= 4 is 11.6 Å². The molecule has 2 aliphatic rings. The van der Waals surface area contributed by atoms with E-state index in [-0.39, 0.29) is 11.9 Å². The standard InChI is InChI=1S/C24H31N3O2/c1-18-8-9-23(29-3)21(16-18)17-25-12-14-26(15-13-25)19(2)24(28)27-11-10-20-6-4-5-7-22(20)27/h4-9,16,19H,10-15,17H2,1-3H3/t19-/m0/s1. The molecule has 1 fully saturated rings. The average Bonchev–Trinajstić information content (AvgIpc) is 3.17. The number of amides is 1. The van der Waals surface area contributed by atoms with Crippen molar-refractivity contribution in [2.75, 3.05) is 44.7 Å². The molecule has 1 atom stereocenters. The maximum absolute atomic E-state index is 13.2. The topological polar surface area (TPSA) is 36.0 Å². The summed E-state index contributed by atoms with van der Waals surface area (Å²) >= 11 is 0. The summed E-state index contributed by atoms with van der Waals surface area (Å²) in [5.74, 6) is 1.18. The molecule has 1 saturated heterocycles. The van der Waals surface area contributed by atoms with Gasteiger partial charge in [-0.15, -0.1) is 0 Å². The molecule has 0 unspecified atom stereocenters. The molecule has 1 amide bonds. The number of hydrogen-bond donors (Lipinski definition) is 0. The Morgan fingerprint density at radius 1 is 1.07 bits per heavy atom. The van der Waals surface area contributed by atoms with E-state index >= 15 is 0 Å². The van der Waals surface area contributed by atoms with Crippen LogP contribution >= 0.6 is 0 Å². The molecule has 0 radical (unpaired) electrons. The van der Waals surface area contributed by atoms with Crippen LogP contribution in [0.1, 0.15) is 23.6 Å². The van der Waals surface area contributed by atoms with E-state index < -0.39 is 0 Å². The molecule has 2 aliphatic heterocycles. The number of para-hydroxylation sites is 1.